The number of nitrogens with one attached hydrogen (secondary N) is 1. The number of amides is 1. The molecule has 5 heteroatoms. The van der Waals surface area contributed by atoms with Crippen LogP contribution in [0.2, 0.25) is 0 Å². The van der Waals surface area contributed by atoms with Crippen molar-refractivity contribution in [2.24, 2.45) is 5.10 Å². The summed E-state index contributed by atoms with van der Waals surface area (Å²) in [5.74, 6) is -0.413. The first-order chi connectivity index (χ1) is 7.22. The monoisotopic (exact) mass is 265 g/mol. The minimum absolute atomic E-state index is 0.185. The Hall–Kier alpha value is -1.67. The molecule has 0 saturated carbocycles. The molecule has 1 rings (SSSR count). The van der Waals surface area contributed by atoms with Crippen LogP contribution in [0.4, 0.5) is 0 Å². The highest BCUT2D eigenvalue weighted by Crippen LogP contribution is 2.09. The van der Waals surface area contributed by atoms with Crippen molar-refractivity contribution in [3.05, 3.63) is 34.3 Å². The predicted octanol–water partition coefficient (Wildman–Crippen LogP) is 1.81. The van der Waals surface area contributed by atoms with E-state index in [4.69, 9.17) is 5.26 Å². The predicted molar refractivity (Wildman–Crippen MR) is 60.1 cm³/mol. The second-order valence-electron chi connectivity index (χ2n) is 2.68. The number of carbonyl (C=O) groups excluding carboxylic acids is 1. The van der Waals surface area contributed by atoms with Gasteiger partial charge in [-0.2, -0.15) is 10.4 Å². The number of hydrogen-bond acceptors (Lipinski definition) is 3. The molecule has 1 aromatic rings. The van der Waals surface area contributed by atoms with Crippen molar-refractivity contribution < 1.29 is 4.79 Å². The lowest BCUT2D eigenvalue weighted by molar-refractivity contribution is -0.120. The summed E-state index contributed by atoms with van der Waals surface area (Å²) in [4.78, 5) is 10.8. The van der Waals surface area contributed by atoms with Gasteiger partial charge < -0.3 is 0 Å². The van der Waals surface area contributed by atoms with Gasteiger partial charge in [0.2, 0.25) is 0 Å². The van der Waals surface area contributed by atoms with Gasteiger partial charge in [-0.15, -0.1) is 0 Å². The molecule has 0 radical (unpaired) electrons. The van der Waals surface area contributed by atoms with Crippen LogP contribution in [0.3, 0.4) is 0 Å². The number of benzene rings is 1. The molecule has 0 aliphatic rings. The zero-order valence-corrected chi connectivity index (χ0v) is 9.36. The Morgan fingerprint density at radius 3 is 3.13 bits per heavy atom. The number of rotatable bonds is 3. The van der Waals surface area contributed by atoms with Crippen LogP contribution in [-0.4, -0.2) is 12.1 Å². The van der Waals surface area contributed by atoms with Crippen LogP contribution in [0.25, 0.3) is 0 Å². The first-order valence-corrected chi connectivity index (χ1v) is 4.96. The minimum atomic E-state index is -0.413. The van der Waals surface area contributed by atoms with Crippen LogP contribution >= 0.6 is 15.9 Å². The second-order valence-corrected chi connectivity index (χ2v) is 3.60. The maximum Gasteiger partial charge on any atom is 0.254 e. The van der Waals surface area contributed by atoms with Gasteiger partial charge in [0.1, 0.15) is 6.42 Å². The maximum atomic E-state index is 10.8. The zero-order valence-electron chi connectivity index (χ0n) is 7.77. The Morgan fingerprint density at radius 1 is 1.67 bits per heavy atom. The van der Waals surface area contributed by atoms with Gasteiger partial charge in [-0.3, -0.25) is 4.79 Å². The molecule has 0 aromatic heterocycles. The molecule has 0 fully saturated rings. The molecule has 0 heterocycles. The SMILES string of the molecule is N#CCC(=O)N/N=C/c1cccc(Br)c1. The van der Waals surface area contributed by atoms with Gasteiger partial charge in [-0.05, 0) is 17.7 Å². The fourth-order valence-electron chi connectivity index (χ4n) is 0.877. The van der Waals surface area contributed by atoms with Crippen LogP contribution in [0.15, 0.2) is 33.8 Å². The lowest BCUT2D eigenvalue weighted by Gasteiger charge is -1.95. The fourth-order valence-corrected chi connectivity index (χ4v) is 1.29. The summed E-state index contributed by atoms with van der Waals surface area (Å²) < 4.78 is 0.940. The van der Waals surface area contributed by atoms with Gasteiger partial charge in [0, 0.05) is 4.47 Å². The van der Waals surface area contributed by atoms with E-state index in [0.29, 0.717) is 0 Å². The normalized spacial score (nSPS) is 9.87. The number of halogens is 1. The third kappa shape index (κ3) is 4.38. The van der Waals surface area contributed by atoms with E-state index in [-0.39, 0.29) is 6.42 Å². The Morgan fingerprint density at radius 2 is 2.47 bits per heavy atom. The number of hydrogen-bond donors (Lipinski definition) is 1. The van der Waals surface area contributed by atoms with E-state index in [9.17, 15) is 4.79 Å². The summed E-state index contributed by atoms with van der Waals surface area (Å²) in [6.07, 6.45) is 1.33. The molecule has 0 atom stereocenters. The molecule has 15 heavy (non-hydrogen) atoms. The lowest BCUT2D eigenvalue weighted by Crippen LogP contribution is -2.16. The summed E-state index contributed by atoms with van der Waals surface area (Å²) >= 11 is 3.32. The summed E-state index contributed by atoms with van der Waals surface area (Å²) in [5.41, 5.74) is 3.11. The minimum Gasteiger partial charge on any atom is -0.272 e. The van der Waals surface area contributed by atoms with E-state index >= 15 is 0 Å². The fraction of sp³-hybridized carbons (Fsp3) is 0.100. The highest BCUT2D eigenvalue weighted by atomic mass is 79.9. The first-order valence-electron chi connectivity index (χ1n) is 4.17. The standard InChI is InChI=1S/C10H8BrN3O/c11-9-3-1-2-8(6-9)7-13-14-10(15)4-5-12/h1-3,6-7H,4H2,(H,14,15)/b13-7+. The Bertz CT molecular complexity index is 423. The molecule has 0 saturated heterocycles. The van der Waals surface area contributed by atoms with Crippen molar-refractivity contribution in [3.8, 4) is 6.07 Å². The number of hydrazone groups is 1. The first kappa shape index (κ1) is 11.4. The van der Waals surface area contributed by atoms with E-state index in [1.54, 1.807) is 6.07 Å². The average molecular weight is 266 g/mol. The van der Waals surface area contributed by atoms with E-state index in [1.165, 1.54) is 6.21 Å². The highest BCUT2D eigenvalue weighted by Gasteiger charge is 1.95. The van der Waals surface area contributed by atoms with Gasteiger partial charge in [-0.1, -0.05) is 28.1 Å². The molecule has 1 aromatic carbocycles. The second kappa shape index (κ2) is 5.94. The number of nitriles is 1. The van der Waals surface area contributed by atoms with Crippen LogP contribution in [-0.2, 0) is 4.79 Å². The molecule has 1 N–H and O–H groups in total. The number of nitrogens with zero attached hydrogens (tertiary/aromatic N) is 2. The van der Waals surface area contributed by atoms with Crippen LogP contribution in [0.1, 0.15) is 12.0 Å². The molecule has 0 aliphatic heterocycles. The van der Waals surface area contributed by atoms with E-state index in [0.717, 1.165) is 10.0 Å². The van der Waals surface area contributed by atoms with Crippen LogP contribution in [0.5, 0.6) is 0 Å². The topological polar surface area (TPSA) is 65.2 Å². The molecule has 0 spiro atoms. The molecule has 0 unspecified atom stereocenters. The van der Waals surface area contributed by atoms with E-state index in [1.807, 2.05) is 24.3 Å². The average Bonchev–Trinajstić information content (AvgIpc) is 2.18. The van der Waals surface area contributed by atoms with Crippen molar-refractivity contribution in [2.45, 2.75) is 6.42 Å². The van der Waals surface area contributed by atoms with Crippen molar-refractivity contribution in [3.63, 3.8) is 0 Å². The van der Waals surface area contributed by atoms with Gasteiger partial charge in [0.05, 0.1) is 12.3 Å². The third-order valence-corrected chi connectivity index (χ3v) is 1.98. The van der Waals surface area contributed by atoms with Gasteiger partial charge in [0.25, 0.3) is 5.91 Å². The Kier molecular flexibility index (Phi) is 4.51. The van der Waals surface area contributed by atoms with Gasteiger partial charge >= 0.3 is 0 Å². The summed E-state index contributed by atoms with van der Waals surface area (Å²) in [6, 6.07) is 9.20. The number of carbonyl (C=O) groups is 1. The molecule has 76 valence electrons. The third-order valence-electron chi connectivity index (χ3n) is 1.49. The Balaban J connectivity index is 2.52. The Labute approximate surface area is 95.7 Å². The maximum absolute atomic E-state index is 10.8. The van der Waals surface area contributed by atoms with Crippen molar-refractivity contribution in [1.29, 1.82) is 5.26 Å². The van der Waals surface area contributed by atoms with Crippen molar-refractivity contribution >= 4 is 28.1 Å². The smallest absolute Gasteiger partial charge is 0.254 e. The lowest BCUT2D eigenvalue weighted by atomic mass is 10.2. The molecular formula is C10H8BrN3O. The van der Waals surface area contributed by atoms with Gasteiger partial charge in [-0.25, -0.2) is 5.43 Å². The highest BCUT2D eigenvalue weighted by molar-refractivity contribution is 9.10. The van der Waals surface area contributed by atoms with Crippen molar-refractivity contribution in [1.82, 2.24) is 5.43 Å². The molecule has 0 aliphatic carbocycles. The summed E-state index contributed by atoms with van der Waals surface area (Å²) in [7, 11) is 0. The zero-order chi connectivity index (χ0) is 11.1. The van der Waals surface area contributed by atoms with Crippen LogP contribution in [0, 0.1) is 11.3 Å². The quantitative estimate of drug-likeness (QED) is 0.669. The molecule has 4 nitrogen and oxygen atoms in total. The molecule has 0 bridgehead atoms. The van der Waals surface area contributed by atoms with Crippen molar-refractivity contribution in [2.75, 3.05) is 0 Å². The molecule has 1 amide bonds. The largest absolute Gasteiger partial charge is 0.272 e. The summed E-state index contributed by atoms with van der Waals surface area (Å²) in [6.45, 7) is 0. The van der Waals surface area contributed by atoms with Gasteiger partial charge in [0.15, 0.2) is 0 Å². The van der Waals surface area contributed by atoms with E-state index in [2.05, 4.69) is 26.5 Å². The van der Waals surface area contributed by atoms with Crippen LogP contribution < -0.4 is 5.43 Å². The molecular weight excluding hydrogens is 258 g/mol. The van der Waals surface area contributed by atoms with E-state index < -0.39 is 5.91 Å². The summed E-state index contributed by atoms with van der Waals surface area (Å²) in [5, 5.41) is 11.9.